The van der Waals surface area contributed by atoms with E-state index in [0.29, 0.717) is 16.3 Å². The van der Waals surface area contributed by atoms with Crippen molar-refractivity contribution in [2.24, 2.45) is 0 Å². The number of nitrogens with one attached hydrogen (secondary N) is 1. The molecule has 0 bridgehead atoms. The number of carbonyl (C=O) groups is 2. The standard InChI is InChI=1S/C12H12ClN3O2/c1-16(2)12(18)9-7-8(3-4-10(9)13)15-11(17)5-6-14/h3-4,7H,5H2,1-2H3,(H,15,17). The van der Waals surface area contributed by atoms with Gasteiger partial charge in [0.1, 0.15) is 6.42 Å². The summed E-state index contributed by atoms with van der Waals surface area (Å²) in [5.74, 6) is -0.681. The summed E-state index contributed by atoms with van der Waals surface area (Å²) in [5.41, 5.74) is 0.737. The van der Waals surface area contributed by atoms with Gasteiger partial charge in [-0.2, -0.15) is 5.26 Å². The number of hydrogen-bond acceptors (Lipinski definition) is 3. The Balaban J connectivity index is 2.98. The molecule has 0 aliphatic rings. The maximum atomic E-state index is 11.8. The van der Waals surface area contributed by atoms with Crippen LogP contribution in [0, 0.1) is 11.3 Å². The van der Waals surface area contributed by atoms with E-state index in [1.54, 1.807) is 26.2 Å². The van der Waals surface area contributed by atoms with E-state index in [1.165, 1.54) is 17.0 Å². The lowest BCUT2D eigenvalue weighted by molar-refractivity contribution is -0.115. The molecule has 0 heterocycles. The Morgan fingerprint density at radius 2 is 2.11 bits per heavy atom. The summed E-state index contributed by atoms with van der Waals surface area (Å²) < 4.78 is 0. The van der Waals surface area contributed by atoms with Gasteiger partial charge in [0.25, 0.3) is 5.91 Å². The third-order valence-corrected chi connectivity index (χ3v) is 2.46. The van der Waals surface area contributed by atoms with E-state index in [-0.39, 0.29) is 12.3 Å². The third-order valence-electron chi connectivity index (χ3n) is 2.13. The zero-order valence-electron chi connectivity index (χ0n) is 10.0. The summed E-state index contributed by atoms with van der Waals surface area (Å²) >= 11 is 5.92. The van der Waals surface area contributed by atoms with E-state index < -0.39 is 5.91 Å². The van der Waals surface area contributed by atoms with Crippen LogP contribution < -0.4 is 5.32 Å². The van der Waals surface area contributed by atoms with Gasteiger partial charge < -0.3 is 10.2 Å². The first-order chi connectivity index (χ1) is 8.45. The van der Waals surface area contributed by atoms with Crippen molar-refractivity contribution >= 4 is 29.1 Å². The van der Waals surface area contributed by atoms with Crippen molar-refractivity contribution in [3.63, 3.8) is 0 Å². The number of nitriles is 1. The Kier molecular flexibility index (Phi) is 4.69. The van der Waals surface area contributed by atoms with Crippen LogP contribution in [0.25, 0.3) is 0 Å². The molecular formula is C12H12ClN3O2. The van der Waals surface area contributed by atoms with Crippen LogP contribution in [-0.2, 0) is 4.79 Å². The van der Waals surface area contributed by atoms with E-state index >= 15 is 0 Å². The summed E-state index contributed by atoms with van der Waals surface area (Å²) in [6.45, 7) is 0. The van der Waals surface area contributed by atoms with Crippen LogP contribution >= 0.6 is 11.6 Å². The second kappa shape index (κ2) is 6.03. The molecule has 0 unspecified atom stereocenters. The Morgan fingerprint density at radius 3 is 2.67 bits per heavy atom. The highest BCUT2D eigenvalue weighted by Crippen LogP contribution is 2.21. The van der Waals surface area contributed by atoms with Crippen LogP contribution in [0.2, 0.25) is 5.02 Å². The Labute approximate surface area is 110 Å². The quantitative estimate of drug-likeness (QED) is 0.907. The highest BCUT2D eigenvalue weighted by atomic mass is 35.5. The molecule has 94 valence electrons. The van der Waals surface area contributed by atoms with E-state index in [2.05, 4.69) is 5.32 Å². The highest BCUT2D eigenvalue weighted by Gasteiger charge is 2.13. The molecule has 0 aliphatic carbocycles. The van der Waals surface area contributed by atoms with Crippen molar-refractivity contribution in [3.05, 3.63) is 28.8 Å². The summed E-state index contributed by atoms with van der Waals surface area (Å²) in [4.78, 5) is 24.4. The molecule has 1 rings (SSSR count). The Morgan fingerprint density at radius 1 is 1.44 bits per heavy atom. The minimum absolute atomic E-state index is 0.237. The van der Waals surface area contributed by atoms with Gasteiger partial charge in [0.15, 0.2) is 0 Å². The normalized spacial score (nSPS) is 9.44. The van der Waals surface area contributed by atoms with Gasteiger partial charge in [-0.1, -0.05) is 11.6 Å². The number of rotatable bonds is 3. The Bertz CT molecular complexity index is 521. The topological polar surface area (TPSA) is 73.2 Å². The molecule has 5 nitrogen and oxygen atoms in total. The number of carbonyl (C=O) groups excluding carboxylic acids is 2. The second-order valence-corrected chi connectivity index (χ2v) is 4.18. The summed E-state index contributed by atoms with van der Waals surface area (Å²) in [7, 11) is 3.22. The van der Waals surface area contributed by atoms with Crippen LogP contribution in [0.15, 0.2) is 18.2 Å². The van der Waals surface area contributed by atoms with Crippen LogP contribution in [-0.4, -0.2) is 30.8 Å². The lowest BCUT2D eigenvalue weighted by atomic mass is 10.1. The first-order valence-corrected chi connectivity index (χ1v) is 5.51. The van der Waals surface area contributed by atoms with Crippen molar-refractivity contribution in [2.45, 2.75) is 6.42 Å². The van der Waals surface area contributed by atoms with E-state index in [1.807, 2.05) is 0 Å². The Hall–Kier alpha value is -2.06. The largest absolute Gasteiger partial charge is 0.345 e. The molecule has 1 N–H and O–H groups in total. The number of anilines is 1. The molecule has 0 aliphatic heterocycles. The molecule has 0 fully saturated rings. The van der Waals surface area contributed by atoms with Crippen LogP contribution in [0.5, 0.6) is 0 Å². The van der Waals surface area contributed by atoms with Crippen molar-refractivity contribution in [1.82, 2.24) is 4.90 Å². The lowest BCUT2D eigenvalue weighted by Crippen LogP contribution is -2.22. The van der Waals surface area contributed by atoms with Gasteiger partial charge in [0, 0.05) is 19.8 Å². The molecule has 6 heteroatoms. The van der Waals surface area contributed by atoms with Gasteiger partial charge >= 0.3 is 0 Å². The minimum atomic E-state index is -0.428. The number of nitrogens with zero attached hydrogens (tertiary/aromatic N) is 2. The summed E-state index contributed by atoms with van der Waals surface area (Å²) in [6.07, 6.45) is -0.237. The fourth-order valence-corrected chi connectivity index (χ4v) is 1.48. The molecular weight excluding hydrogens is 254 g/mol. The van der Waals surface area contributed by atoms with Crippen LogP contribution in [0.4, 0.5) is 5.69 Å². The van der Waals surface area contributed by atoms with Crippen LogP contribution in [0.3, 0.4) is 0 Å². The zero-order chi connectivity index (χ0) is 13.7. The number of benzene rings is 1. The first-order valence-electron chi connectivity index (χ1n) is 5.13. The monoisotopic (exact) mass is 265 g/mol. The molecule has 0 saturated heterocycles. The van der Waals surface area contributed by atoms with Gasteiger partial charge in [0.05, 0.1) is 16.7 Å². The predicted octanol–water partition coefficient (Wildman–Crippen LogP) is 1.89. The van der Waals surface area contributed by atoms with Crippen molar-refractivity contribution in [3.8, 4) is 6.07 Å². The average Bonchev–Trinajstić information content (AvgIpc) is 2.31. The fraction of sp³-hybridized carbons (Fsp3) is 0.250. The molecule has 0 radical (unpaired) electrons. The minimum Gasteiger partial charge on any atom is -0.345 e. The first kappa shape index (κ1) is 14.0. The maximum absolute atomic E-state index is 11.8. The lowest BCUT2D eigenvalue weighted by Gasteiger charge is -2.13. The van der Waals surface area contributed by atoms with Gasteiger partial charge in [-0.15, -0.1) is 0 Å². The summed E-state index contributed by atoms with van der Waals surface area (Å²) in [5, 5.41) is 11.2. The zero-order valence-corrected chi connectivity index (χ0v) is 10.8. The van der Waals surface area contributed by atoms with Gasteiger partial charge in [-0.25, -0.2) is 0 Å². The van der Waals surface area contributed by atoms with E-state index in [9.17, 15) is 9.59 Å². The van der Waals surface area contributed by atoms with E-state index in [0.717, 1.165) is 0 Å². The number of halogens is 1. The predicted molar refractivity (Wildman–Crippen MR) is 68.3 cm³/mol. The number of amides is 2. The molecule has 0 saturated carbocycles. The molecule has 1 aromatic carbocycles. The molecule has 0 atom stereocenters. The van der Waals surface area contributed by atoms with Gasteiger partial charge in [-0.05, 0) is 18.2 Å². The average molecular weight is 266 g/mol. The van der Waals surface area contributed by atoms with E-state index in [4.69, 9.17) is 16.9 Å². The van der Waals surface area contributed by atoms with Crippen molar-refractivity contribution in [2.75, 3.05) is 19.4 Å². The summed E-state index contributed by atoms with van der Waals surface area (Å²) in [6, 6.07) is 6.33. The van der Waals surface area contributed by atoms with Crippen molar-refractivity contribution < 1.29 is 9.59 Å². The van der Waals surface area contributed by atoms with Gasteiger partial charge in [-0.3, -0.25) is 9.59 Å². The van der Waals surface area contributed by atoms with Gasteiger partial charge in [0.2, 0.25) is 5.91 Å². The highest BCUT2D eigenvalue weighted by molar-refractivity contribution is 6.34. The van der Waals surface area contributed by atoms with Crippen molar-refractivity contribution in [1.29, 1.82) is 5.26 Å². The molecule has 1 aromatic rings. The maximum Gasteiger partial charge on any atom is 0.254 e. The molecule has 0 spiro atoms. The molecule has 18 heavy (non-hydrogen) atoms. The molecule has 0 aromatic heterocycles. The van der Waals surface area contributed by atoms with Crippen LogP contribution in [0.1, 0.15) is 16.8 Å². The SMILES string of the molecule is CN(C)C(=O)c1cc(NC(=O)CC#N)ccc1Cl. The fourth-order valence-electron chi connectivity index (χ4n) is 1.28. The third kappa shape index (κ3) is 3.47. The second-order valence-electron chi connectivity index (χ2n) is 3.78. The number of hydrogen-bond donors (Lipinski definition) is 1. The molecule has 2 amide bonds. The smallest absolute Gasteiger partial charge is 0.254 e.